The molecule has 36 heavy (non-hydrogen) atoms. The maximum atomic E-state index is 14.1. The molecule has 184 valence electrons. The smallest absolute Gasteiger partial charge is 0.254 e. The first kappa shape index (κ1) is 23.8. The van der Waals surface area contributed by atoms with Gasteiger partial charge in [0.25, 0.3) is 5.91 Å². The molecule has 0 unspecified atom stereocenters. The number of nitrogens with one attached hydrogen (secondary N) is 1. The molecule has 1 aromatic heterocycles. The number of nitrogens with zero attached hydrogens (tertiary/aromatic N) is 2. The Labute approximate surface area is 214 Å². The number of hydrogen-bond donors (Lipinski definition) is 1. The summed E-state index contributed by atoms with van der Waals surface area (Å²) in [5.74, 6) is -0.231. The number of benzene rings is 3. The van der Waals surface area contributed by atoms with Crippen LogP contribution in [0.2, 0.25) is 5.02 Å². The van der Waals surface area contributed by atoms with Gasteiger partial charge in [-0.3, -0.25) is 9.59 Å². The molecule has 0 spiro atoms. The average molecular weight is 504 g/mol. The number of para-hydroxylation sites is 1. The van der Waals surface area contributed by atoms with E-state index < -0.39 is 12.0 Å². The number of likely N-dealkylation sites (N-methyl/N-ethyl adjacent to an activating group) is 1. The number of methoxy groups -OCH3 is 2. The summed E-state index contributed by atoms with van der Waals surface area (Å²) in [4.78, 5) is 29.1. The van der Waals surface area contributed by atoms with Gasteiger partial charge in [0.05, 0.1) is 36.9 Å². The molecule has 0 saturated heterocycles. The number of carbonyl (C=O) groups excluding carboxylic acids is 2. The summed E-state index contributed by atoms with van der Waals surface area (Å²) < 4.78 is 12.8. The predicted octanol–water partition coefficient (Wildman–Crippen LogP) is 5.40. The molecule has 2 atom stereocenters. The summed E-state index contributed by atoms with van der Waals surface area (Å²) >= 11 is 6.36. The molecule has 2 amide bonds. The lowest BCUT2D eigenvalue weighted by Crippen LogP contribution is -2.44. The van der Waals surface area contributed by atoms with Gasteiger partial charge in [0.15, 0.2) is 0 Å². The lowest BCUT2D eigenvalue weighted by atomic mass is 9.79. The zero-order valence-corrected chi connectivity index (χ0v) is 21.2. The van der Waals surface area contributed by atoms with Crippen molar-refractivity contribution in [2.45, 2.75) is 12.0 Å². The Morgan fingerprint density at radius 2 is 1.64 bits per heavy atom. The number of amides is 2. The van der Waals surface area contributed by atoms with Gasteiger partial charge in [0.2, 0.25) is 5.91 Å². The Morgan fingerprint density at radius 3 is 2.39 bits per heavy atom. The third-order valence-electron chi connectivity index (χ3n) is 6.84. The fraction of sp³-hybridized carbons (Fsp3) is 0.214. The summed E-state index contributed by atoms with van der Waals surface area (Å²) in [6, 6.07) is 18.0. The molecule has 0 radical (unpaired) electrons. The first-order chi connectivity index (χ1) is 17.3. The van der Waals surface area contributed by atoms with E-state index >= 15 is 0 Å². The first-order valence-electron chi connectivity index (χ1n) is 11.5. The highest BCUT2D eigenvalue weighted by Crippen LogP contribution is 2.45. The molecule has 2 heterocycles. The predicted molar refractivity (Wildman–Crippen MR) is 140 cm³/mol. The van der Waals surface area contributed by atoms with E-state index in [0.29, 0.717) is 33.3 Å². The lowest BCUT2D eigenvalue weighted by Gasteiger charge is -2.39. The Balaban J connectivity index is 1.66. The Hall–Kier alpha value is -3.97. The highest BCUT2D eigenvalue weighted by molar-refractivity contribution is 6.32. The quantitative estimate of drug-likeness (QED) is 0.396. The summed E-state index contributed by atoms with van der Waals surface area (Å²) in [6.07, 6.45) is 2.00. The normalized spacial score (nSPS) is 17.1. The van der Waals surface area contributed by atoms with E-state index in [2.05, 4.69) is 5.32 Å². The molecule has 4 aromatic rings. The van der Waals surface area contributed by atoms with Crippen LogP contribution in [0, 0.1) is 0 Å². The van der Waals surface area contributed by atoms with Gasteiger partial charge in [-0.15, -0.1) is 0 Å². The standard InChI is InChI=1S/C28H26ClN3O4/c1-31-15-19(16-9-7-8-12-22(16)31)26-25(17-10-5-6-11-18(17)28(34)32(26)2)27(33)30-21-13-20(29)23(35-3)14-24(21)36-4/h5-15,25-26H,1-4H3,(H,30,33)/t25-,26+/m1/s1. The van der Waals surface area contributed by atoms with Gasteiger partial charge >= 0.3 is 0 Å². The number of aryl methyl sites for hydroxylation is 1. The highest BCUT2D eigenvalue weighted by Gasteiger charge is 2.43. The summed E-state index contributed by atoms with van der Waals surface area (Å²) in [7, 11) is 6.73. The molecule has 5 rings (SSSR count). The highest BCUT2D eigenvalue weighted by atomic mass is 35.5. The Kier molecular flexibility index (Phi) is 6.10. The average Bonchev–Trinajstić information content (AvgIpc) is 3.22. The minimum Gasteiger partial charge on any atom is -0.495 e. The van der Waals surface area contributed by atoms with Crippen molar-refractivity contribution in [3.8, 4) is 11.5 Å². The van der Waals surface area contributed by atoms with Gasteiger partial charge in [-0.2, -0.15) is 0 Å². The van der Waals surface area contributed by atoms with Crippen LogP contribution < -0.4 is 14.8 Å². The number of carbonyl (C=O) groups is 2. The van der Waals surface area contributed by atoms with Crippen molar-refractivity contribution >= 4 is 40.0 Å². The molecule has 0 aliphatic carbocycles. The van der Waals surface area contributed by atoms with E-state index in [4.69, 9.17) is 21.1 Å². The second kappa shape index (κ2) is 9.24. The SMILES string of the molecule is COc1cc(OC)c(NC(=O)[C@@H]2c3ccccc3C(=O)N(C)[C@H]2c2cn(C)c3ccccc23)cc1Cl. The van der Waals surface area contributed by atoms with Crippen LogP contribution in [-0.4, -0.2) is 42.5 Å². The van der Waals surface area contributed by atoms with Crippen LogP contribution in [0.5, 0.6) is 11.5 Å². The van der Waals surface area contributed by atoms with Gasteiger partial charge < -0.3 is 24.3 Å². The number of fused-ring (bicyclic) bond motifs is 2. The van der Waals surface area contributed by atoms with Crippen molar-refractivity contribution in [3.05, 3.63) is 88.6 Å². The first-order valence-corrected chi connectivity index (χ1v) is 11.9. The molecule has 8 heteroatoms. The molecular weight excluding hydrogens is 478 g/mol. The van der Waals surface area contributed by atoms with Crippen LogP contribution >= 0.6 is 11.6 Å². The van der Waals surface area contributed by atoms with E-state index in [1.807, 2.05) is 60.3 Å². The van der Waals surface area contributed by atoms with Crippen molar-refractivity contribution in [1.82, 2.24) is 9.47 Å². The van der Waals surface area contributed by atoms with Crippen molar-refractivity contribution in [3.63, 3.8) is 0 Å². The molecule has 1 aliphatic heterocycles. The van der Waals surface area contributed by atoms with Crippen LogP contribution in [0.1, 0.15) is 33.4 Å². The molecule has 0 bridgehead atoms. The topological polar surface area (TPSA) is 72.8 Å². The van der Waals surface area contributed by atoms with Crippen molar-refractivity contribution in [2.75, 3.05) is 26.6 Å². The van der Waals surface area contributed by atoms with Crippen LogP contribution in [0.25, 0.3) is 10.9 Å². The van der Waals surface area contributed by atoms with Crippen LogP contribution in [-0.2, 0) is 11.8 Å². The molecular formula is C28H26ClN3O4. The van der Waals surface area contributed by atoms with Gasteiger partial charge in [-0.05, 0) is 23.8 Å². The third kappa shape index (κ3) is 3.76. The third-order valence-corrected chi connectivity index (χ3v) is 7.14. The summed E-state index contributed by atoms with van der Waals surface area (Å²) in [5.41, 5.74) is 3.53. The molecule has 0 fully saturated rings. The number of ether oxygens (including phenoxy) is 2. The summed E-state index contributed by atoms with van der Waals surface area (Å²) in [6.45, 7) is 0. The summed E-state index contributed by atoms with van der Waals surface area (Å²) in [5, 5.41) is 4.34. The van der Waals surface area contributed by atoms with Crippen LogP contribution in [0.15, 0.2) is 66.9 Å². The molecule has 7 nitrogen and oxygen atoms in total. The van der Waals surface area contributed by atoms with E-state index in [1.54, 1.807) is 30.1 Å². The Bertz CT molecular complexity index is 1500. The van der Waals surface area contributed by atoms with Crippen molar-refractivity contribution < 1.29 is 19.1 Å². The molecule has 1 aliphatic rings. The van der Waals surface area contributed by atoms with Gasteiger partial charge in [0.1, 0.15) is 11.5 Å². The largest absolute Gasteiger partial charge is 0.495 e. The van der Waals surface area contributed by atoms with Gasteiger partial charge in [0, 0.05) is 48.4 Å². The van der Waals surface area contributed by atoms with Crippen molar-refractivity contribution in [2.24, 2.45) is 7.05 Å². The maximum Gasteiger partial charge on any atom is 0.254 e. The van der Waals surface area contributed by atoms with E-state index in [0.717, 1.165) is 16.5 Å². The van der Waals surface area contributed by atoms with Gasteiger partial charge in [-0.25, -0.2) is 0 Å². The number of aromatic nitrogens is 1. The number of rotatable bonds is 5. The molecule has 3 aromatic carbocycles. The zero-order chi connectivity index (χ0) is 25.6. The van der Waals surface area contributed by atoms with Crippen LogP contribution in [0.4, 0.5) is 5.69 Å². The van der Waals surface area contributed by atoms with Crippen molar-refractivity contribution in [1.29, 1.82) is 0 Å². The minimum atomic E-state index is -0.680. The molecule has 0 saturated carbocycles. The maximum absolute atomic E-state index is 14.1. The van der Waals surface area contributed by atoms with E-state index in [-0.39, 0.29) is 11.8 Å². The van der Waals surface area contributed by atoms with E-state index in [1.165, 1.54) is 14.2 Å². The van der Waals surface area contributed by atoms with Gasteiger partial charge in [-0.1, -0.05) is 48.0 Å². The fourth-order valence-electron chi connectivity index (χ4n) is 5.12. The van der Waals surface area contributed by atoms with Crippen LogP contribution in [0.3, 0.4) is 0 Å². The fourth-order valence-corrected chi connectivity index (χ4v) is 5.36. The second-order valence-corrected chi connectivity index (χ2v) is 9.22. The second-order valence-electron chi connectivity index (χ2n) is 8.81. The number of halogens is 1. The molecule has 1 N–H and O–H groups in total. The lowest BCUT2D eigenvalue weighted by molar-refractivity contribution is -0.119. The van der Waals surface area contributed by atoms with E-state index in [9.17, 15) is 9.59 Å². The zero-order valence-electron chi connectivity index (χ0n) is 20.4. The minimum absolute atomic E-state index is 0.127. The Morgan fingerprint density at radius 1 is 0.944 bits per heavy atom. The monoisotopic (exact) mass is 503 g/mol. The number of hydrogen-bond acceptors (Lipinski definition) is 4. The number of anilines is 1.